The molecule has 0 unspecified atom stereocenters. The smallest absolute Gasteiger partial charge is 0.124 e. The molecular formula is C8H5Br3N4S. The lowest BCUT2D eigenvalue weighted by Crippen LogP contribution is -1.76. The van der Waals surface area contributed by atoms with Crippen LogP contribution in [0.15, 0.2) is 38.6 Å². The average molecular weight is 429 g/mol. The number of aromatic nitrogens is 4. The lowest BCUT2D eigenvalue weighted by Gasteiger charge is -1.85. The van der Waals surface area contributed by atoms with Crippen molar-refractivity contribution in [2.45, 2.75) is 0 Å². The predicted octanol–water partition coefficient (Wildman–Crippen LogP) is 3.90. The summed E-state index contributed by atoms with van der Waals surface area (Å²) in [5, 5.41) is 0. The van der Waals surface area contributed by atoms with Crippen molar-refractivity contribution in [3.8, 4) is 0 Å². The summed E-state index contributed by atoms with van der Waals surface area (Å²) in [4.78, 5) is 14.4. The summed E-state index contributed by atoms with van der Waals surface area (Å²) >= 11 is 14.2. The SMILES string of the molecule is Brc1cnc(Br)cn1.S=c1cnc(Br)c[nH]1. The molecule has 16 heavy (non-hydrogen) atoms. The molecule has 2 heterocycles. The van der Waals surface area contributed by atoms with Gasteiger partial charge in [-0.25, -0.2) is 15.0 Å². The van der Waals surface area contributed by atoms with Crippen molar-refractivity contribution in [2.75, 3.05) is 0 Å². The van der Waals surface area contributed by atoms with E-state index in [2.05, 4.69) is 67.7 Å². The van der Waals surface area contributed by atoms with Crippen molar-refractivity contribution >= 4 is 60.0 Å². The normalized spacial score (nSPS) is 9.19. The summed E-state index contributed by atoms with van der Waals surface area (Å²) in [5.41, 5.74) is 0. The van der Waals surface area contributed by atoms with Gasteiger partial charge in [0.05, 0.1) is 18.6 Å². The lowest BCUT2D eigenvalue weighted by molar-refractivity contribution is 1.13. The van der Waals surface area contributed by atoms with Crippen LogP contribution in [0.4, 0.5) is 0 Å². The lowest BCUT2D eigenvalue weighted by atomic mass is 10.8. The van der Waals surface area contributed by atoms with E-state index < -0.39 is 0 Å². The van der Waals surface area contributed by atoms with E-state index in [1.165, 1.54) is 0 Å². The standard InChI is InChI=1S/C4H2Br2N2.C4H3BrN2S/c5-3-1-7-4(6)2-8-3;5-3-1-7-4(8)2-6-3/h1-2H;1-2H,(H,7,8). The fourth-order valence-corrected chi connectivity index (χ4v) is 1.36. The van der Waals surface area contributed by atoms with Crippen LogP contribution in [0, 0.1) is 4.64 Å². The summed E-state index contributed by atoms with van der Waals surface area (Å²) in [6, 6.07) is 0. The maximum Gasteiger partial charge on any atom is 0.124 e. The maximum absolute atomic E-state index is 4.73. The van der Waals surface area contributed by atoms with E-state index in [1.807, 2.05) is 0 Å². The van der Waals surface area contributed by atoms with Gasteiger partial charge in [0.15, 0.2) is 0 Å². The second-order valence-electron chi connectivity index (χ2n) is 2.40. The van der Waals surface area contributed by atoms with E-state index in [4.69, 9.17) is 12.2 Å². The van der Waals surface area contributed by atoms with E-state index >= 15 is 0 Å². The predicted molar refractivity (Wildman–Crippen MR) is 74.6 cm³/mol. The first-order chi connectivity index (χ1) is 7.58. The first-order valence-electron chi connectivity index (χ1n) is 3.91. The van der Waals surface area contributed by atoms with Crippen molar-refractivity contribution in [2.24, 2.45) is 0 Å². The molecule has 2 aromatic heterocycles. The first-order valence-corrected chi connectivity index (χ1v) is 6.70. The van der Waals surface area contributed by atoms with Crippen LogP contribution < -0.4 is 0 Å². The fraction of sp³-hybridized carbons (Fsp3) is 0. The fourth-order valence-electron chi connectivity index (χ4n) is 0.622. The third kappa shape index (κ3) is 5.78. The van der Waals surface area contributed by atoms with Crippen molar-refractivity contribution in [3.05, 3.63) is 43.2 Å². The Morgan fingerprint density at radius 3 is 1.69 bits per heavy atom. The molecule has 0 aliphatic carbocycles. The molecule has 0 bridgehead atoms. The molecular weight excluding hydrogens is 424 g/mol. The molecule has 0 radical (unpaired) electrons. The van der Waals surface area contributed by atoms with Gasteiger partial charge in [-0.05, 0) is 47.8 Å². The Kier molecular flexibility index (Phi) is 6.25. The van der Waals surface area contributed by atoms with Crippen LogP contribution in [0.25, 0.3) is 0 Å². The molecule has 0 atom stereocenters. The van der Waals surface area contributed by atoms with Crippen molar-refractivity contribution < 1.29 is 0 Å². The highest BCUT2D eigenvalue weighted by Crippen LogP contribution is 2.06. The Morgan fingerprint density at radius 1 is 0.875 bits per heavy atom. The third-order valence-corrected chi connectivity index (χ3v) is 2.70. The summed E-state index contributed by atoms with van der Waals surface area (Å²) in [6.45, 7) is 0. The largest absolute Gasteiger partial charge is 0.349 e. The minimum Gasteiger partial charge on any atom is -0.349 e. The number of H-pyrrole nitrogens is 1. The Hall–Kier alpha value is -0.180. The molecule has 4 nitrogen and oxygen atoms in total. The van der Waals surface area contributed by atoms with Gasteiger partial charge < -0.3 is 4.98 Å². The average Bonchev–Trinajstić information content (AvgIpc) is 2.28. The van der Waals surface area contributed by atoms with Crippen LogP contribution >= 0.6 is 60.0 Å². The molecule has 0 spiro atoms. The van der Waals surface area contributed by atoms with Gasteiger partial charge in [-0.2, -0.15) is 0 Å². The minimum absolute atomic E-state index is 0.646. The number of nitrogens with zero attached hydrogens (tertiary/aromatic N) is 3. The van der Waals surface area contributed by atoms with Crippen molar-refractivity contribution in [3.63, 3.8) is 0 Å². The number of hydrogen-bond acceptors (Lipinski definition) is 4. The van der Waals surface area contributed by atoms with Crippen LogP contribution in [0.1, 0.15) is 0 Å². The Balaban J connectivity index is 0.000000160. The van der Waals surface area contributed by atoms with E-state index in [1.54, 1.807) is 24.8 Å². The van der Waals surface area contributed by atoms with Gasteiger partial charge in [0.2, 0.25) is 0 Å². The van der Waals surface area contributed by atoms with Crippen LogP contribution in [0.2, 0.25) is 0 Å². The zero-order valence-corrected chi connectivity index (χ0v) is 13.3. The van der Waals surface area contributed by atoms with Gasteiger partial charge in [0.25, 0.3) is 0 Å². The molecule has 0 fully saturated rings. The van der Waals surface area contributed by atoms with E-state index in [9.17, 15) is 0 Å². The zero-order valence-electron chi connectivity index (χ0n) is 7.69. The van der Waals surface area contributed by atoms with Gasteiger partial charge in [0, 0.05) is 6.20 Å². The molecule has 0 amide bonds. The van der Waals surface area contributed by atoms with Gasteiger partial charge in [-0.1, -0.05) is 12.2 Å². The number of hydrogen-bond donors (Lipinski definition) is 1. The van der Waals surface area contributed by atoms with Crippen LogP contribution in [0.3, 0.4) is 0 Å². The zero-order chi connectivity index (χ0) is 12.0. The van der Waals surface area contributed by atoms with Crippen LogP contribution in [-0.2, 0) is 0 Å². The highest BCUT2D eigenvalue weighted by Gasteiger charge is 1.86. The number of rotatable bonds is 0. The van der Waals surface area contributed by atoms with Gasteiger partial charge in [-0.15, -0.1) is 0 Å². The Labute approximate surface area is 122 Å². The Bertz CT molecular complexity index is 458. The number of halogens is 3. The summed E-state index contributed by atoms with van der Waals surface area (Å²) < 4.78 is 2.92. The van der Waals surface area contributed by atoms with Crippen LogP contribution in [-0.4, -0.2) is 19.9 Å². The van der Waals surface area contributed by atoms with E-state index in [0.29, 0.717) is 4.64 Å². The molecule has 0 aliphatic rings. The number of aromatic amines is 1. The van der Waals surface area contributed by atoms with E-state index in [0.717, 1.165) is 13.8 Å². The topological polar surface area (TPSA) is 54.5 Å². The third-order valence-electron chi connectivity index (χ3n) is 1.23. The summed E-state index contributed by atoms with van der Waals surface area (Å²) in [5.74, 6) is 0. The van der Waals surface area contributed by atoms with Crippen LogP contribution in [0.5, 0.6) is 0 Å². The molecule has 84 valence electrons. The van der Waals surface area contributed by atoms with Gasteiger partial charge in [-0.3, -0.25) is 0 Å². The molecule has 2 rings (SSSR count). The minimum atomic E-state index is 0.646. The molecule has 8 heteroatoms. The van der Waals surface area contributed by atoms with Gasteiger partial charge in [0.1, 0.15) is 18.5 Å². The molecule has 0 aromatic carbocycles. The maximum atomic E-state index is 4.73. The second-order valence-corrected chi connectivity index (χ2v) is 5.27. The summed E-state index contributed by atoms with van der Waals surface area (Å²) in [7, 11) is 0. The monoisotopic (exact) mass is 426 g/mol. The quantitative estimate of drug-likeness (QED) is 0.646. The van der Waals surface area contributed by atoms with Crippen molar-refractivity contribution in [1.82, 2.24) is 19.9 Å². The Morgan fingerprint density at radius 2 is 1.38 bits per heavy atom. The molecule has 0 aliphatic heterocycles. The van der Waals surface area contributed by atoms with Gasteiger partial charge >= 0.3 is 0 Å². The molecule has 2 aromatic rings. The molecule has 0 saturated carbocycles. The van der Waals surface area contributed by atoms with Crippen molar-refractivity contribution in [1.29, 1.82) is 0 Å². The van der Waals surface area contributed by atoms with E-state index in [-0.39, 0.29) is 0 Å². The molecule has 0 saturated heterocycles. The first kappa shape index (κ1) is 13.9. The highest BCUT2D eigenvalue weighted by atomic mass is 79.9. The molecule has 1 N–H and O–H groups in total. The highest BCUT2D eigenvalue weighted by molar-refractivity contribution is 9.11. The second kappa shape index (κ2) is 7.21. The summed E-state index contributed by atoms with van der Waals surface area (Å²) in [6.07, 6.45) is 6.54. The number of nitrogens with one attached hydrogen (secondary N) is 1.